The molecular formula is C21H24F2N4O2. The van der Waals surface area contributed by atoms with Crippen molar-refractivity contribution in [2.75, 3.05) is 26.7 Å². The highest BCUT2D eigenvalue weighted by molar-refractivity contribution is 6.06. The first-order valence-electron chi connectivity index (χ1n) is 9.92. The fraction of sp³-hybridized carbons (Fsp3) is 0.476. The molecule has 1 heterocycles. The van der Waals surface area contributed by atoms with Crippen molar-refractivity contribution in [1.82, 2.24) is 15.5 Å². The largest absolute Gasteiger partial charge is 0.356 e. The smallest absolute Gasteiger partial charge is 0.233 e. The highest BCUT2D eigenvalue weighted by Gasteiger charge is 2.58. The zero-order chi connectivity index (χ0) is 20.5. The molecule has 154 valence electrons. The molecule has 2 fully saturated rings. The number of aliphatic imine (C=N–C) groups is 1. The Balaban J connectivity index is 1.24. The molecule has 1 aliphatic heterocycles. The predicted molar refractivity (Wildman–Crippen MR) is 104 cm³/mol. The van der Waals surface area contributed by atoms with Crippen molar-refractivity contribution >= 4 is 17.8 Å². The molecule has 29 heavy (non-hydrogen) atoms. The highest BCUT2D eigenvalue weighted by Crippen LogP contribution is 2.52. The van der Waals surface area contributed by atoms with Crippen molar-refractivity contribution in [3.63, 3.8) is 0 Å². The Hall–Kier alpha value is -2.77. The Labute approximate surface area is 168 Å². The monoisotopic (exact) mass is 402 g/mol. The number of nitrogens with one attached hydrogen (secondary N) is 2. The van der Waals surface area contributed by atoms with Gasteiger partial charge in [0.1, 0.15) is 0 Å². The first kappa shape index (κ1) is 19.5. The van der Waals surface area contributed by atoms with Gasteiger partial charge in [-0.3, -0.25) is 19.5 Å². The third-order valence-corrected chi connectivity index (χ3v) is 6.13. The lowest BCUT2D eigenvalue weighted by atomic mass is 9.85. The van der Waals surface area contributed by atoms with E-state index >= 15 is 0 Å². The summed E-state index contributed by atoms with van der Waals surface area (Å²) in [5.74, 6) is -1.31. The number of fused-ring (bicyclic) bond motifs is 5. The summed E-state index contributed by atoms with van der Waals surface area (Å²) in [5, 5.41) is 6.09. The van der Waals surface area contributed by atoms with Crippen LogP contribution in [0.1, 0.15) is 12.0 Å². The van der Waals surface area contributed by atoms with Gasteiger partial charge < -0.3 is 10.6 Å². The van der Waals surface area contributed by atoms with Crippen LogP contribution in [0.2, 0.25) is 0 Å². The summed E-state index contributed by atoms with van der Waals surface area (Å²) in [6.45, 7) is 1.01. The second-order valence-electron chi connectivity index (χ2n) is 7.72. The lowest BCUT2D eigenvalue weighted by molar-refractivity contribution is -0.140. The molecule has 2 amide bonds. The van der Waals surface area contributed by atoms with Crippen molar-refractivity contribution in [2.45, 2.75) is 12.8 Å². The van der Waals surface area contributed by atoms with E-state index in [2.05, 4.69) is 27.8 Å². The number of guanidine groups is 1. The van der Waals surface area contributed by atoms with Crippen molar-refractivity contribution in [2.24, 2.45) is 28.7 Å². The van der Waals surface area contributed by atoms with E-state index in [0.717, 1.165) is 12.5 Å². The summed E-state index contributed by atoms with van der Waals surface area (Å²) >= 11 is 0. The molecule has 1 saturated carbocycles. The lowest BCUT2D eigenvalue weighted by Gasteiger charge is -2.18. The highest BCUT2D eigenvalue weighted by atomic mass is 19.2. The number of likely N-dealkylation sites (tertiary alicyclic amines) is 1. The molecule has 8 heteroatoms. The van der Waals surface area contributed by atoms with Gasteiger partial charge in [0.2, 0.25) is 11.8 Å². The molecule has 2 aliphatic carbocycles. The normalized spacial score (nSPS) is 27.7. The molecule has 2 bridgehead atoms. The maximum Gasteiger partial charge on any atom is 0.233 e. The predicted octanol–water partition coefficient (Wildman–Crippen LogP) is 1.48. The summed E-state index contributed by atoms with van der Waals surface area (Å²) < 4.78 is 26.9. The number of carbonyl (C=O) groups is 2. The second kappa shape index (κ2) is 7.93. The van der Waals surface area contributed by atoms with Gasteiger partial charge in [-0.25, -0.2) is 8.78 Å². The molecule has 1 aromatic rings. The van der Waals surface area contributed by atoms with E-state index < -0.39 is 11.6 Å². The van der Waals surface area contributed by atoms with Gasteiger partial charge in [-0.2, -0.15) is 0 Å². The molecule has 2 N–H and O–H groups in total. The molecule has 1 aromatic carbocycles. The van der Waals surface area contributed by atoms with E-state index in [1.807, 2.05) is 0 Å². The Morgan fingerprint density at radius 2 is 1.76 bits per heavy atom. The van der Waals surface area contributed by atoms with Gasteiger partial charge in [-0.05, 0) is 36.3 Å². The number of amides is 2. The molecule has 4 rings (SSSR count). The Morgan fingerprint density at radius 3 is 2.41 bits per heavy atom. The van der Waals surface area contributed by atoms with E-state index in [0.29, 0.717) is 25.5 Å². The van der Waals surface area contributed by atoms with Crippen LogP contribution < -0.4 is 10.6 Å². The average molecular weight is 402 g/mol. The van der Waals surface area contributed by atoms with Crippen LogP contribution in [-0.4, -0.2) is 49.4 Å². The van der Waals surface area contributed by atoms with Crippen LogP contribution in [0.25, 0.3) is 0 Å². The van der Waals surface area contributed by atoms with Crippen LogP contribution in [0.4, 0.5) is 8.78 Å². The average Bonchev–Trinajstić information content (AvgIpc) is 3.39. The minimum atomic E-state index is -0.863. The van der Waals surface area contributed by atoms with Gasteiger partial charge in [-0.15, -0.1) is 0 Å². The first-order chi connectivity index (χ1) is 14.0. The van der Waals surface area contributed by atoms with Crippen molar-refractivity contribution in [3.05, 3.63) is 47.5 Å². The van der Waals surface area contributed by atoms with E-state index in [1.165, 1.54) is 11.0 Å². The Bertz CT molecular complexity index is 855. The van der Waals surface area contributed by atoms with Gasteiger partial charge in [0.25, 0.3) is 0 Å². The number of benzene rings is 1. The standard InChI is InChI=1S/C21H24F2N4O2/c1-24-21(25-8-7-12-3-2-4-15(22)18(12)23)26-9-10-27-19(28)16-13-5-6-14(11-13)17(16)20(27)29/h2-6,13-14,16-17H,7-11H2,1H3,(H2,24,25,26). The van der Waals surface area contributed by atoms with Gasteiger partial charge in [0.15, 0.2) is 17.6 Å². The maximum atomic E-state index is 13.7. The van der Waals surface area contributed by atoms with E-state index in [-0.39, 0.29) is 47.6 Å². The zero-order valence-corrected chi connectivity index (χ0v) is 16.2. The summed E-state index contributed by atoms with van der Waals surface area (Å²) in [7, 11) is 1.60. The molecule has 4 unspecified atom stereocenters. The molecule has 3 aliphatic rings. The van der Waals surface area contributed by atoms with E-state index in [9.17, 15) is 18.4 Å². The van der Waals surface area contributed by atoms with Gasteiger partial charge in [-0.1, -0.05) is 24.3 Å². The van der Waals surface area contributed by atoms with E-state index in [4.69, 9.17) is 0 Å². The quantitative estimate of drug-likeness (QED) is 0.327. The molecule has 0 spiro atoms. The van der Waals surface area contributed by atoms with Crippen LogP contribution >= 0.6 is 0 Å². The SMILES string of the molecule is CN=C(NCCc1cccc(F)c1F)NCCN1C(=O)C2C3C=CC(C3)C2C1=O. The Kier molecular flexibility index (Phi) is 5.34. The van der Waals surface area contributed by atoms with Crippen molar-refractivity contribution in [1.29, 1.82) is 0 Å². The van der Waals surface area contributed by atoms with Crippen LogP contribution in [0.15, 0.2) is 35.3 Å². The number of rotatable bonds is 6. The third-order valence-electron chi connectivity index (χ3n) is 6.13. The fourth-order valence-electron chi connectivity index (χ4n) is 4.75. The zero-order valence-electron chi connectivity index (χ0n) is 16.2. The van der Waals surface area contributed by atoms with Gasteiger partial charge in [0, 0.05) is 26.7 Å². The summed E-state index contributed by atoms with van der Waals surface area (Å²) in [4.78, 5) is 30.8. The molecular weight excluding hydrogens is 378 g/mol. The minimum Gasteiger partial charge on any atom is -0.356 e. The summed E-state index contributed by atoms with van der Waals surface area (Å²) in [6.07, 6.45) is 5.37. The van der Waals surface area contributed by atoms with E-state index in [1.54, 1.807) is 13.1 Å². The number of halogens is 2. The number of carbonyl (C=O) groups excluding carboxylic acids is 2. The summed E-state index contributed by atoms with van der Waals surface area (Å²) in [6, 6.07) is 4.10. The Morgan fingerprint density at radius 1 is 1.10 bits per heavy atom. The minimum absolute atomic E-state index is 0.0665. The van der Waals surface area contributed by atoms with Gasteiger partial charge in [0.05, 0.1) is 11.8 Å². The lowest BCUT2D eigenvalue weighted by Crippen LogP contribution is -2.44. The second-order valence-corrected chi connectivity index (χ2v) is 7.72. The number of nitrogens with zero attached hydrogens (tertiary/aromatic N) is 2. The van der Waals surface area contributed by atoms with Crippen LogP contribution in [0.3, 0.4) is 0 Å². The molecule has 0 aromatic heterocycles. The molecule has 1 saturated heterocycles. The first-order valence-corrected chi connectivity index (χ1v) is 9.92. The van der Waals surface area contributed by atoms with Crippen LogP contribution in [-0.2, 0) is 16.0 Å². The molecule has 4 atom stereocenters. The molecule has 0 radical (unpaired) electrons. The topological polar surface area (TPSA) is 73.8 Å². The molecule has 6 nitrogen and oxygen atoms in total. The number of allylic oxidation sites excluding steroid dienone is 2. The summed E-state index contributed by atoms with van der Waals surface area (Å²) in [5.41, 5.74) is 0.288. The van der Waals surface area contributed by atoms with Crippen LogP contribution in [0.5, 0.6) is 0 Å². The fourth-order valence-corrected chi connectivity index (χ4v) is 4.75. The third kappa shape index (κ3) is 3.52. The number of imide groups is 1. The number of hydrogen-bond donors (Lipinski definition) is 2. The van der Waals surface area contributed by atoms with Crippen LogP contribution in [0, 0.1) is 35.3 Å². The number of hydrogen-bond acceptors (Lipinski definition) is 3. The van der Waals surface area contributed by atoms with Gasteiger partial charge >= 0.3 is 0 Å². The van der Waals surface area contributed by atoms with Crippen molar-refractivity contribution < 1.29 is 18.4 Å². The maximum absolute atomic E-state index is 13.7. The van der Waals surface area contributed by atoms with Crippen molar-refractivity contribution in [3.8, 4) is 0 Å².